The quantitative estimate of drug-likeness (QED) is 0.800. The third-order valence-corrected chi connectivity index (χ3v) is 3.10. The zero-order valence-corrected chi connectivity index (χ0v) is 12.5. The molecule has 6 nitrogen and oxygen atoms in total. The minimum absolute atomic E-state index is 0. The zero-order chi connectivity index (χ0) is 13.5. The molecule has 1 saturated heterocycles. The minimum atomic E-state index is -0.169. The minimum Gasteiger partial charge on any atom is -0.453 e. The number of methoxy groups -OCH3 is 1. The molecule has 20 heavy (non-hydrogen) atoms. The summed E-state index contributed by atoms with van der Waals surface area (Å²) in [5.41, 5.74) is 0. The second kappa shape index (κ2) is 8.97. The third kappa shape index (κ3) is 5.13. The number of nitrogens with zero attached hydrogens (tertiary/aromatic N) is 1. The molecule has 2 rings (SSSR count). The lowest BCUT2D eigenvalue weighted by atomic mass is 10.3. The molecule has 1 aliphatic heterocycles. The molecule has 0 radical (unpaired) electrons. The first-order valence-corrected chi connectivity index (χ1v) is 6.58. The van der Waals surface area contributed by atoms with Gasteiger partial charge in [0, 0.05) is 46.4 Å². The molecule has 2 N–H and O–H groups in total. The summed E-state index contributed by atoms with van der Waals surface area (Å²) in [6.45, 7) is 6.01. The lowest BCUT2D eigenvalue weighted by molar-refractivity contribution is 0.0911. The van der Waals surface area contributed by atoms with Crippen LogP contribution in [0.5, 0.6) is 0 Å². The molecule has 114 valence electrons. The van der Waals surface area contributed by atoms with Gasteiger partial charge in [0.1, 0.15) is 12.4 Å². The molecule has 0 bridgehead atoms. The first-order chi connectivity index (χ1) is 9.29. The van der Waals surface area contributed by atoms with E-state index in [1.807, 2.05) is 0 Å². The predicted octanol–water partition coefficient (Wildman–Crippen LogP) is 0.483. The summed E-state index contributed by atoms with van der Waals surface area (Å²) in [6.07, 6.45) is 0. The lowest BCUT2D eigenvalue weighted by Crippen LogP contribution is -2.46. The van der Waals surface area contributed by atoms with Crippen LogP contribution in [0.2, 0.25) is 0 Å². The van der Waals surface area contributed by atoms with E-state index in [1.165, 1.54) is 0 Å². The summed E-state index contributed by atoms with van der Waals surface area (Å²) in [5, 5.41) is 6.16. The highest BCUT2D eigenvalue weighted by Crippen LogP contribution is 2.08. The van der Waals surface area contributed by atoms with Crippen molar-refractivity contribution in [3.05, 3.63) is 23.7 Å². The van der Waals surface area contributed by atoms with Gasteiger partial charge in [-0.3, -0.25) is 9.69 Å². The molecule has 0 aliphatic carbocycles. The van der Waals surface area contributed by atoms with Crippen LogP contribution in [-0.4, -0.2) is 57.2 Å². The Morgan fingerprint density at radius 3 is 2.90 bits per heavy atom. The van der Waals surface area contributed by atoms with Crippen LogP contribution in [0.25, 0.3) is 0 Å². The number of halogens is 1. The van der Waals surface area contributed by atoms with Gasteiger partial charge in [0.15, 0.2) is 5.76 Å². The maximum atomic E-state index is 11.8. The molecule has 7 heteroatoms. The van der Waals surface area contributed by atoms with Gasteiger partial charge in [-0.25, -0.2) is 0 Å². The van der Waals surface area contributed by atoms with Crippen molar-refractivity contribution < 1.29 is 13.9 Å². The summed E-state index contributed by atoms with van der Waals surface area (Å²) in [7, 11) is 1.59. The van der Waals surface area contributed by atoms with Crippen LogP contribution in [0.4, 0.5) is 0 Å². The number of rotatable bonds is 6. The van der Waals surface area contributed by atoms with E-state index in [4.69, 9.17) is 9.15 Å². The first-order valence-electron chi connectivity index (χ1n) is 6.58. The van der Waals surface area contributed by atoms with Crippen LogP contribution < -0.4 is 10.6 Å². The van der Waals surface area contributed by atoms with Crippen molar-refractivity contribution in [3.63, 3.8) is 0 Å². The normalized spacial score (nSPS) is 15.7. The predicted molar refractivity (Wildman–Crippen MR) is 78.3 cm³/mol. The van der Waals surface area contributed by atoms with Gasteiger partial charge in [0.2, 0.25) is 0 Å². The van der Waals surface area contributed by atoms with Crippen LogP contribution in [0.3, 0.4) is 0 Å². The average molecular weight is 304 g/mol. The smallest absolute Gasteiger partial charge is 0.287 e. The number of hydrogen-bond donors (Lipinski definition) is 2. The van der Waals surface area contributed by atoms with E-state index in [9.17, 15) is 4.79 Å². The van der Waals surface area contributed by atoms with Gasteiger partial charge in [-0.05, 0) is 12.1 Å². The number of carbonyl (C=O) groups excluding carboxylic acids is 1. The Morgan fingerprint density at radius 1 is 1.45 bits per heavy atom. The van der Waals surface area contributed by atoms with Crippen LogP contribution in [0.1, 0.15) is 16.3 Å². The van der Waals surface area contributed by atoms with E-state index < -0.39 is 0 Å². The fraction of sp³-hybridized carbons (Fsp3) is 0.615. The van der Waals surface area contributed by atoms with Gasteiger partial charge in [-0.1, -0.05) is 0 Å². The van der Waals surface area contributed by atoms with Crippen LogP contribution in [0.15, 0.2) is 16.5 Å². The molecular formula is C13H22ClN3O3. The summed E-state index contributed by atoms with van der Waals surface area (Å²) in [6, 6.07) is 3.43. The fourth-order valence-electron chi connectivity index (χ4n) is 2.07. The summed E-state index contributed by atoms with van der Waals surface area (Å²) < 4.78 is 10.3. The summed E-state index contributed by atoms with van der Waals surface area (Å²) >= 11 is 0. The highest BCUT2D eigenvalue weighted by Gasteiger charge is 2.12. The van der Waals surface area contributed by atoms with Crippen LogP contribution >= 0.6 is 12.4 Å². The molecule has 0 aromatic carbocycles. The maximum absolute atomic E-state index is 11.8. The lowest BCUT2D eigenvalue weighted by Gasteiger charge is -2.26. The first kappa shape index (κ1) is 17.0. The van der Waals surface area contributed by atoms with E-state index in [0.717, 1.165) is 32.7 Å². The van der Waals surface area contributed by atoms with Crippen molar-refractivity contribution in [1.82, 2.24) is 15.5 Å². The Balaban J connectivity index is 0.00000200. The highest BCUT2D eigenvalue weighted by molar-refractivity contribution is 5.91. The number of hydrogen-bond acceptors (Lipinski definition) is 5. The Hall–Kier alpha value is -1.08. The average Bonchev–Trinajstić information content (AvgIpc) is 2.89. The number of furan rings is 1. The monoisotopic (exact) mass is 303 g/mol. The SMILES string of the molecule is COCc1ccc(C(=O)NCCN2CCNCC2)o1.Cl. The van der Waals surface area contributed by atoms with E-state index in [0.29, 0.717) is 24.7 Å². The van der Waals surface area contributed by atoms with Gasteiger partial charge < -0.3 is 19.8 Å². The molecule has 1 aromatic heterocycles. The van der Waals surface area contributed by atoms with Crippen LogP contribution in [0, 0.1) is 0 Å². The molecule has 0 atom stereocenters. The van der Waals surface area contributed by atoms with Crippen molar-refractivity contribution in [3.8, 4) is 0 Å². The Bertz CT molecular complexity index is 405. The van der Waals surface area contributed by atoms with E-state index in [-0.39, 0.29) is 18.3 Å². The van der Waals surface area contributed by atoms with Crippen molar-refractivity contribution in [2.24, 2.45) is 0 Å². The van der Waals surface area contributed by atoms with Gasteiger partial charge in [0.25, 0.3) is 5.91 Å². The molecular weight excluding hydrogens is 282 g/mol. The zero-order valence-electron chi connectivity index (χ0n) is 11.7. The highest BCUT2D eigenvalue weighted by atomic mass is 35.5. The van der Waals surface area contributed by atoms with Crippen LogP contribution in [-0.2, 0) is 11.3 Å². The number of piperazine rings is 1. The van der Waals surface area contributed by atoms with E-state index >= 15 is 0 Å². The summed E-state index contributed by atoms with van der Waals surface area (Å²) in [5.74, 6) is 0.833. The number of nitrogens with one attached hydrogen (secondary N) is 2. The summed E-state index contributed by atoms with van der Waals surface area (Å²) in [4.78, 5) is 14.2. The second-order valence-corrected chi connectivity index (χ2v) is 4.55. The van der Waals surface area contributed by atoms with Crippen molar-refractivity contribution >= 4 is 18.3 Å². The molecule has 1 aliphatic rings. The largest absolute Gasteiger partial charge is 0.453 e. The molecule has 0 unspecified atom stereocenters. The molecule has 0 spiro atoms. The van der Waals surface area contributed by atoms with E-state index in [1.54, 1.807) is 19.2 Å². The Labute approximate surface area is 125 Å². The van der Waals surface area contributed by atoms with Gasteiger partial charge in [-0.2, -0.15) is 0 Å². The third-order valence-electron chi connectivity index (χ3n) is 3.10. The van der Waals surface area contributed by atoms with Gasteiger partial charge >= 0.3 is 0 Å². The molecule has 2 heterocycles. The topological polar surface area (TPSA) is 66.7 Å². The Morgan fingerprint density at radius 2 is 2.20 bits per heavy atom. The second-order valence-electron chi connectivity index (χ2n) is 4.55. The van der Waals surface area contributed by atoms with Gasteiger partial charge in [0.05, 0.1) is 0 Å². The Kier molecular flexibility index (Phi) is 7.61. The van der Waals surface area contributed by atoms with Crippen molar-refractivity contribution in [1.29, 1.82) is 0 Å². The van der Waals surface area contributed by atoms with Crippen molar-refractivity contribution in [2.45, 2.75) is 6.61 Å². The molecule has 1 aromatic rings. The van der Waals surface area contributed by atoms with Gasteiger partial charge in [-0.15, -0.1) is 12.4 Å². The number of carbonyl (C=O) groups is 1. The number of amides is 1. The van der Waals surface area contributed by atoms with E-state index in [2.05, 4.69) is 15.5 Å². The maximum Gasteiger partial charge on any atom is 0.287 e. The molecule has 0 saturated carbocycles. The standard InChI is InChI=1S/C13H21N3O3.ClH/c1-18-10-11-2-3-12(19-11)13(17)15-6-9-16-7-4-14-5-8-16;/h2-3,14H,4-10H2,1H3,(H,15,17);1H. The number of ether oxygens (including phenoxy) is 1. The fourth-order valence-corrected chi connectivity index (χ4v) is 2.07. The molecule has 1 amide bonds. The molecule has 1 fully saturated rings. The van der Waals surface area contributed by atoms with Crippen molar-refractivity contribution in [2.75, 3.05) is 46.4 Å².